The summed E-state index contributed by atoms with van der Waals surface area (Å²) < 4.78 is 42.9. The predicted molar refractivity (Wildman–Crippen MR) is 137 cm³/mol. The Kier molecular flexibility index (Phi) is 7.18. The molecular formula is C26H25FN4O4S. The van der Waals surface area contributed by atoms with Crippen LogP contribution in [0.5, 0.6) is 5.75 Å². The second-order valence-electron chi connectivity index (χ2n) is 8.11. The number of aromatic amines is 1. The summed E-state index contributed by atoms with van der Waals surface area (Å²) in [6.45, 7) is 2.14. The van der Waals surface area contributed by atoms with Crippen LogP contribution in [0, 0.1) is 5.82 Å². The number of nitrogens with zero attached hydrogens (tertiary/aromatic N) is 2. The third-order valence-electron chi connectivity index (χ3n) is 5.72. The highest BCUT2D eigenvalue weighted by molar-refractivity contribution is 7.89. The molecule has 0 bridgehead atoms. The van der Waals surface area contributed by atoms with Crippen molar-refractivity contribution >= 4 is 15.7 Å². The molecule has 0 fully saturated rings. The van der Waals surface area contributed by atoms with Gasteiger partial charge in [-0.1, -0.05) is 12.1 Å². The summed E-state index contributed by atoms with van der Waals surface area (Å²) in [4.78, 5) is 18.1. The summed E-state index contributed by atoms with van der Waals surface area (Å²) in [5, 5.41) is 8.29. The van der Waals surface area contributed by atoms with E-state index in [0.717, 1.165) is 11.1 Å². The number of sulfonamides is 1. The maximum absolute atomic E-state index is 13.4. The first-order valence-electron chi connectivity index (χ1n) is 11.1. The Hall–Kier alpha value is -4.02. The van der Waals surface area contributed by atoms with Crippen molar-refractivity contribution in [3.05, 3.63) is 100 Å². The number of rotatable bonds is 8. The Morgan fingerprint density at radius 1 is 1.03 bits per heavy atom. The van der Waals surface area contributed by atoms with Gasteiger partial charge in [0.1, 0.15) is 11.6 Å². The fraction of sp³-hybridized carbons (Fsp3) is 0.154. The summed E-state index contributed by atoms with van der Waals surface area (Å²) in [7, 11) is -2.17. The fourth-order valence-electron chi connectivity index (χ4n) is 3.79. The number of nitrogens with one attached hydrogen (secondary N) is 1. The highest BCUT2D eigenvalue weighted by Crippen LogP contribution is 2.24. The molecule has 3 aromatic carbocycles. The van der Waals surface area contributed by atoms with Crippen molar-refractivity contribution < 1.29 is 17.5 Å². The van der Waals surface area contributed by atoms with Crippen molar-refractivity contribution in [1.29, 1.82) is 0 Å². The molecule has 36 heavy (non-hydrogen) atoms. The molecule has 0 spiro atoms. The van der Waals surface area contributed by atoms with E-state index in [4.69, 9.17) is 9.88 Å². The summed E-state index contributed by atoms with van der Waals surface area (Å²) in [5.74, 6) is 0.281. The Morgan fingerprint density at radius 3 is 2.25 bits per heavy atom. The average Bonchev–Trinajstić information content (AvgIpc) is 3.21. The van der Waals surface area contributed by atoms with Crippen LogP contribution < -0.4 is 15.4 Å². The zero-order chi connectivity index (χ0) is 25.9. The lowest BCUT2D eigenvalue weighted by atomic mass is 10.0. The monoisotopic (exact) mass is 508 g/mol. The molecule has 10 heteroatoms. The van der Waals surface area contributed by atoms with Crippen molar-refractivity contribution in [3.8, 4) is 22.7 Å². The number of H-pyrrole nitrogens is 1. The van der Waals surface area contributed by atoms with Gasteiger partial charge in [-0.25, -0.2) is 22.6 Å². The van der Waals surface area contributed by atoms with E-state index in [1.54, 1.807) is 38.3 Å². The topological polar surface area (TPSA) is 120 Å². The van der Waals surface area contributed by atoms with Crippen LogP contribution in [0.15, 0.2) is 87.5 Å². The molecule has 1 heterocycles. The molecular weight excluding hydrogens is 483 g/mol. The van der Waals surface area contributed by atoms with Gasteiger partial charge in [0.2, 0.25) is 10.0 Å². The molecule has 0 aliphatic carbocycles. The Bertz CT molecular complexity index is 1550. The van der Waals surface area contributed by atoms with Gasteiger partial charge in [-0.3, -0.25) is 14.9 Å². The van der Waals surface area contributed by atoms with E-state index in [1.807, 2.05) is 12.1 Å². The molecule has 0 atom stereocenters. The molecule has 0 saturated carbocycles. The van der Waals surface area contributed by atoms with Crippen LogP contribution in [0.1, 0.15) is 18.1 Å². The van der Waals surface area contributed by atoms with E-state index in [-0.39, 0.29) is 10.5 Å². The molecule has 0 saturated heterocycles. The number of aliphatic imine (C=N–C) groups is 1. The van der Waals surface area contributed by atoms with Crippen LogP contribution in [-0.2, 0) is 16.4 Å². The molecule has 3 N–H and O–H groups in total. The van der Waals surface area contributed by atoms with E-state index in [2.05, 4.69) is 10.1 Å². The third-order valence-corrected chi connectivity index (χ3v) is 6.65. The van der Waals surface area contributed by atoms with Crippen molar-refractivity contribution in [2.45, 2.75) is 18.2 Å². The number of benzene rings is 3. The average molecular weight is 509 g/mol. The zero-order valence-corrected chi connectivity index (χ0v) is 20.5. The highest BCUT2D eigenvalue weighted by Gasteiger charge is 2.19. The third kappa shape index (κ3) is 5.45. The second kappa shape index (κ2) is 10.3. The minimum absolute atomic E-state index is 0.0451. The first-order valence-corrected chi connectivity index (χ1v) is 12.6. The highest BCUT2D eigenvalue weighted by atomic mass is 32.2. The van der Waals surface area contributed by atoms with E-state index in [0.29, 0.717) is 41.4 Å². The lowest BCUT2D eigenvalue weighted by Crippen LogP contribution is -2.20. The number of primary sulfonamides is 1. The standard InChI is InChI=1S/C26H25FN4O4S/c1-17(29-16-15-18-3-13-23(14-4-18)36(28,33)34)24-25(19-5-11-22(35-2)12-6-19)30-31(26(24)32)21-9-7-20(27)8-10-21/h3-14,30H,15-16H2,1-2H3,(H2,28,33,34). The quantitative estimate of drug-likeness (QED) is 0.353. The summed E-state index contributed by atoms with van der Waals surface area (Å²) >= 11 is 0. The predicted octanol–water partition coefficient (Wildman–Crippen LogP) is 3.68. The number of ether oxygens (including phenoxy) is 1. The van der Waals surface area contributed by atoms with Crippen molar-refractivity contribution in [1.82, 2.24) is 9.78 Å². The van der Waals surface area contributed by atoms with Crippen LogP contribution in [0.4, 0.5) is 4.39 Å². The maximum atomic E-state index is 13.4. The van der Waals surface area contributed by atoms with Gasteiger partial charge < -0.3 is 4.74 Å². The van der Waals surface area contributed by atoms with Gasteiger partial charge in [0.15, 0.2) is 0 Å². The smallest absolute Gasteiger partial charge is 0.280 e. The SMILES string of the molecule is COc1ccc(-c2[nH]n(-c3ccc(F)cc3)c(=O)c2C(C)=NCCc2ccc(S(N)(=O)=O)cc2)cc1. The van der Waals surface area contributed by atoms with E-state index < -0.39 is 15.8 Å². The van der Waals surface area contributed by atoms with Gasteiger partial charge in [-0.2, -0.15) is 0 Å². The molecule has 1 aromatic heterocycles. The van der Waals surface area contributed by atoms with Gasteiger partial charge in [-0.15, -0.1) is 0 Å². The largest absolute Gasteiger partial charge is 0.497 e. The van der Waals surface area contributed by atoms with Gasteiger partial charge in [0, 0.05) is 17.8 Å². The molecule has 0 unspecified atom stereocenters. The molecule has 4 rings (SSSR count). The molecule has 4 aromatic rings. The minimum Gasteiger partial charge on any atom is -0.497 e. The molecule has 0 radical (unpaired) electrons. The summed E-state index contributed by atoms with van der Waals surface area (Å²) in [5.41, 5.74) is 3.32. The van der Waals surface area contributed by atoms with Gasteiger partial charge >= 0.3 is 0 Å². The first-order chi connectivity index (χ1) is 17.2. The number of aromatic nitrogens is 2. The Labute approximate surface area is 207 Å². The van der Waals surface area contributed by atoms with Crippen LogP contribution in [0.25, 0.3) is 16.9 Å². The van der Waals surface area contributed by atoms with Crippen LogP contribution >= 0.6 is 0 Å². The maximum Gasteiger partial charge on any atom is 0.280 e. The van der Waals surface area contributed by atoms with Crippen LogP contribution in [0.3, 0.4) is 0 Å². The first kappa shape index (κ1) is 25.1. The van der Waals surface area contributed by atoms with Crippen molar-refractivity contribution in [2.24, 2.45) is 10.1 Å². The van der Waals surface area contributed by atoms with Gasteiger partial charge in [-0.05, 0) is 79.6 Å². The van der Waals surface area contributed by atoms with Crippen molar-refractivity contribution in [3.63, 3.8) is 0 Å². The number of hydrogen-bond donors (Lipinski definition) is 2. The number of methoxy groups -OCH3 is 1. The lowest BCUT2D eigenvalue weighted by molar-refractivity contribution is 0.415. The Balaban J connectivity index is 1.67. The van der Waals surface area contributed by atoms with Crippen LogP contribution in [-0.4, -0.2) is 37.6 Å². The molecule has 8 nitrogen and oxygen atoms in total. The number of nitrogens with two attached hydrogens (primary N) is 1. The summed E-state index contributed by atoms with van der Waals surface area (Å²) in [6, 6.07) is 19.2. The summed E-state index contributed by atoms with van der Waals surface area (Å²) in [6.07, 6.45) is 0.538. The number of halogens is 1. The molecule has 0 amide bonds. The number of hydrogen-bond acceptors (Lipinski definition) is 5. The molecule has 0 aliphatic heterocycles. The van der Waals surface area contributed by atoms with E-state index in [9.17, 15) is 17.6 Å². The normalized spacial score (nSPS) is 12.1. The van der Waals surface area contributed by atoms with E-state index >= 15 is 0 Å². The van der Waals surface area contributed by atoms with Gasteiger partial charge in [0.25, 0.3) is 5.56 Å². The minimum atomic E-state index is -3.75. The molecule has 0 aliphatic rings. The molecule has 186 valence electrons. The van der Waals surface area contributed by atoms with E-state index in [1.165, 1.54) is 41.1 Å². The Morgan fingerprint density at radius 2 is 1.67 bits per heavy atom. The zero-order valence-electron chi connectivity index (χ0n) is 19.7. The van der Waals surface area contributed by atoms with Crippen molar-refractivity contribution in [2.75, 3.05) is 13.7 Å². The van der Waals surface area contributed by atoms with Gasteiger partial charge in [0.05, 0.1) is 29.0 Å². The fourth-order valence-corrected chi connectivity index (χ4v) is 4.30. The lowest BCUT2D eigenvalue weighted by Gasteiger charge is -2.05. The van der Waals surface area contributed by atoms with Crippen LogP contribution in [0.2, 0.25) is 0 Å². The second-order valence-corrected chi connectivity index (χ2v) is 9.67.